The van der Waals surface area contributed by atoms with Gasteiger partial charge in [0.05, 0.1) is 44.1 Å². The average molecular weight is 472 g/mol. The molecule has 1 atom stereocenters. The molecule has 2 heterocycles. The number of rotatable bonds is 5. The lowest BCUT2D eigenvalue weighted by molar-refractivity contribution is -0.137. The lowest BCUT2D eigenvalue weighted by Crippen LogP contribution is -2.21. The maximum absolute atomic E-state index is 13.1. The molecule has 0 bridgehead atoms. The lowest BCUT2D eigenvalue weighted by atomic mass is 9.82. The number of nitrogens with zero attached hydrogens (tertiary/aromatic N) is 2. The highest BCUT2D eigenvalue weighted by molar-refractivity contribution is 5.75. The first-order valence-electron chi connectivity index (χ1n) is 9.86. The molecule has 1 aliphatic heterocycles. The van der Waals surface area contributed by atoms with Crippen molar-refractivity contribution in [3.8, 4) is 40.5 Å². The van der Waals surface area contributed by atoms with E-state index >= 15 is 0 Å². The molecule has 176 valence electrons. The van der Waals surface area contributed by atoms with Crippen LogP contribution >= 0.6 is 0 Å². The number of aromatic nitrogens is 2. The van der Waals surface area contributed by atoms with Crippen molar-refractivity contribution in [1.29, 1.82) is 5.26 Å². The molecule has 0 radical (unpaired) electrons. The minimum atomic E-state index is -4.50. The number of H-pyrrole nitrogens is 1. The van der Waals surface area contributed by atoms with Gasteiger partial charge in [-0.15, -0.1) is 5.10 Å². The van der Waals surface area contributed by atoms with Crippen LogP contribution in [0, 0.1) is 11.3 Å². The number of methoxy groups -OCH3 is 3. The van der Waals surface area contributed by atoms with Gasteiger partial charge in [0, 0.05) is 5.56 Å². The van der Waals surface area contributed by atoms with Crippen LogP contribution in [0.15, 0.2) is 47.9 Å². The Balaban J connectivity index is 1.92. The summed E-state index contributed by atoms with van der Waals surface area (Å²) in [4.78, 5) is 0. The zero-order valence-electron chi connectivity index (χ0n) is 18.3. The molecule has 1 aromatic heterocycles. The number of benzene rings is 2. The van der Waals surface area contributed by atoms with Gasteiger partial charge in [0.1, 0.15) is 11.6 Å². The van der Waals surface area contributed by atoms with Gasteiger partial charge in [-0.05, 0) is 29.8 Å². The van der Waals surface area contributed by atoms with Gasteiger partial charge in [-0.3, -0.25) is 5.10 Å². The second kappa shape index (κ2) is 8.55. The molecule has 34 heavy (non-hydrogen) atoms. The topological polar surface area (TPSA) is 115 Å². The molecule has 11 heteroatoms. The van der Waals surface area contributed by atoms with Gasteiger partial charge in [-0.2, -0.15) is 18.4 Å². The largest absolute Gasteiger partial charge is 0.493 e. The number of fused-ring (bicyclic) bond motifs is 1. The van der Waals surface area contributed by atoms with Gasteiger partial charge in [0.2, 0.25) is 17.5 Å². The second-order valence-corrected chi connectivity index (χ2v) is 7.28. The van der Waals surface area contributed by atoms with Crippen LogP contribution in [0.5, 0.6) is 23.1 Å². The lowest BCUT2D eigenvalue weighted by Gasteiger charge is -2.24. The molecule has 8 nitrogen and oxygen atoms in total. The molecule has 1 aliphatic rings. The molecule has 3 aromatic rings. The molecule has 3 N–H and O–H groups in total. The number of halogens is 3. The predicted molar refractivity (Wildman–Crippen MR) is 114 cm³/mol. The van der Waals surface area contributed by atoms with Crippen molar-refractivity contribution in [3.05, 3.63) is 64.5 Å². The zero-order valence-corrected chi connectivity index (χ0v) is 18.3. The molecular weight excluding hydrogens is 453 g/mol. The molecule has 0 saturated carbocycles. The molecule has 2 aromatic carbocycles. The quantitative estimate of drug-likeness (QED) is 0.568. The third kappa shape index (κ3) is 3.73. The van der Waals surface area contributed by atoms with Crippen LogP contribution in [0.2, 0.25) is 0 Å². The Morgan fingerprint density at radius 2 is 1.68 bits per heavy atom. The van der Waals surface area contributed by atoms with E-state index in [1.54, 1.807) is 12.1 Å². The SMILES string of the molecule is COc1cc(-c2[nH]nc3c2C(c2ccc(C(F)(F)F)cc2)C(C#N)=C(N)O3)cc(OC)c1OC. The molecule has 4 rings (SSSR count). The fraction of sp³-hybridized carbons (Fsp3) is 0.217. The van der Waals surface area contributed by atoms with Crippen LogP contribution in [0.4, 0.5) is 13.2 Å². The number of nitrogens with one attached hydrogen (secondary N) is 1. The normalized spacial score (nSPS) is 15.3. The standard InChI is InChI=1S/C23H19F3N4O4/c1-31-15-8-12(9-16(32-2)20(15)33-3)19-18-17(11-4-6-13(7-5-11)23(24,25)26)14(10-27)21(28)34-22(18)30-29-19/h4-9,17H,28H2,1-3H3,(H,29,30). The molecular formula is C23H19F3N4O4. The first-order chi connectivity index (χ1) is 16.2. The Labute approximate surface area is 192 Å². The summed E-state index contributed by atoms with van der Waals surface area (Å²) in [6.07, 6.45) is -4.50. The van der Waals surface area contributed by atoms with Crippen LogP contribution in [0.1, 0.15) is 22.6 Å². The van der Waals surface area contributed by atoms with Gasteiger partial charge < -0.3 is 24.7 Å². The summed E-state index contributed by atoms with van der Waals surface area (Å²) in [7, 11) is 4.41. The van der Waals surface area contributed by atoms with Crippen molar-refractivity contribution in [3.63, 3.8) is 0 Å². The van der Waals surface area contributed by atoms with Crippen molar-refractivity contribution in [2.24, 2.45) is 5.73 Å². The van der Waals surface area contributed by atoms with Crippen molar-refractivity contribution in [2.75, 3.05) is 21.3 Å². The Hall–Kier alpha value is -4.33. The van der Waals surface area contributed by atoms with E-state index in [0.717, 1.165) is 12.1 Å². The fourth-order valence-corrected chi connectivity index (χ4v) is 3.89. The van der Waals surface area contributed by atoms with E-state index in [1.165, 1.54) is 33.5 Å². The van der Waals surface area contributed by atoms with E-state index in [2.05, 4.69) is 10.2 Å². The maximum Gasteiger partial charge on any atom is 0.416 e. The molecule has 0 spiro atoms. The van der Waals surface area contributed by atoms with Crippen LogP contribution < -0.4 is 24.7 Å². The summed E-state index contributed by atoms with van der Waals surface area (Å²) < 4.78 is 61.0. The molecule has 0 aliphatic carbocycles. The Morgan fingerprint density at radius 1 is 1.06 bits per heavy atom. The van der Waals surface area contributed by atoms with Crippen molar-refractivity contribution >= 4 is 0 Å². The highest BCUT2D eigenvalue weighted by Gasteiger charge is 2.37. The minimum absolute atomic E-state index is 0.0438. The molecule has 0 fully saturated rings. The van der Waals surface area contributed by atoms with Crippen molar-refractivity contribution in [2.45, 2.75) is 12.1 Å². The summed E-state index contributed by atoms with van der Waals surface area (Å²) in [6.45, 7) is 0. The number of hydrogen-bond acceptors (Lipinski definition) is 7. The summed E-state index contributed by atoms with van der Waals surface area (Å²) >= 11 is 0. The summed E-state index contributed by atoms with van der Waals surface area (Å²) in [5.74, 6) is 0.216. The Bertz CT molecular complexity index is 1280. The number of ether oxygens (including phenoxy) is 4. The van der Waals surface area contributed by atoms with E-state index in [0.29, 0.717) is 39.6 Å². The number of alkyl halides is 3. The summed E-state index contributed by atoms with van der Waals surface area (Å²) in [5.41, 5.74) is 7.03. The van der Waals surface area contributed by atoms with Gasteiger partial charge in [-0.25, -0.2) is 0 Å². The third-order valence-corrected chi connectivity index (χ3v) is 5.46. The van der Waals surface area contributed by atoms with Crippen LogP contribution in [-0.4, -0.2) is 31.5 Å². The van der Waals surface area contributed by atoms with Gasteiger partial charge in [0.25, 0.3) is 0 Å². The first-order valence-corrected chi connectivity index (χ1v) is 9.86. The summed E-state index contributed by atoms with van der Waals surface area (Å²) in [6, 6.07) is 9.88. The van der Waals surface area contributed by atoms with Crippen LogP contribution in [0.25, 0.3) is 11.3 Å². The van der Waals surface area contributed by atoms with Crippen molar-refractivity contribution < 1.29 is 32.1 Å². The molecule has 0 saturated heterocycles. The maximum atomic E-state index is 13.1. The smallest absolute Gasteiger partial charge is 0.416 e. The van der Waals surface area contributed by atoms with E-state index in [-0.39, 0.29) is 17.3 Å². The third-order valence-electron chi connectivity index (χ3n) is 5.46. The first kappa shape index (κ1) is 22.8. The number of nitrogens with two attached hydrogens (primary N) is 1. The highest BCUT2D eigenvalue weighted by Crippen LogP contribution is 2.48. The van der Waals surface area contributed by atoms with E-state index in [1.807, 2.05) is 6.07 Å². The van der Waals surface area contributed by atoms with Gasteiger partial charge in [0.15, 0.2) is 11.5 Å². The van der Waals surface area contributed by atoms with E-state index in [4.69, 9.17) is 24.7 Å². The van der Waals surface area contributed by atoms with Gasteiger partial charge >= 0.3 is 6.18 Å². The predicted octanol–water partition coefficient (Wildman–Crippen LogP) is 4.34. The molecule has 0 amide bonds. The minimum Gasteiger partial charge on any atom is -0.493 e. The number of nitriles is 1. The van der Waals surface area contributed by atoms with Crippen molar-refractivity contribution in [1.82, 2.24) is 10.2 Å². The highest BCUT2D eigenvalue weighted by atomic mass is 19.4. The second-order valence-electron chi connectivity index (χ2n) is 7.28. The van der Waals surface area contributed by atoms with Crippen LogP contribution in [-0.2, 0) is 6.18 Å². The van der Waals surface area contributed by atoms with E-state index in [9.17, 15) is 18.4 Å². The number of allylic oxidation sites excluding steroid dienone is 1. The number of hydrogen-bond donors (Lipinski definition) is 2. The average Bonchev–Trinajstić information content (AvgIpc) is 3.24. The zero-order chi connectivity index (χ0) is 24.6. The van der Waals surface area contributed by atoms with Gasteiger partial charge in [-0.1, -0.05) is 12.1 Å². The Kier molecular flexibility index (Phi) is 5.75. The fourth-order valence-electron chi connectivity index (χ4n) is 3.89. The summed E-state index contributed by atoms with van der Waals surface area (Å²) in [5, 5.41) is 16.8. The Morgan fingerprint density at radius 3 is 2.18 bits per heavy atom. The monoisotopic (exact) mass is 472 g/mol. The van der Waals surface area contributed by atoms with E-state index < -0.39 is 17.7 Å². The number of aromatic amines is 1. The molecule has 1 unspecified atom stereocenters. The van der Waals surface area contributed by atoms with Crippen LogP contribution in [0.3, 0.4) is 0 Å².